The second-order valence-corrected chi connectivity index (χ2v) is 5.86. The Morgan fingerprint density at radius 1 is 1.32 bits per heavy atom. The number of fused-ring (bicyclic) bond motifs is 1. The topological polar surface area (TPSA) is 15.3 Å². The zero-order chi connectivity index (χ0) is 13.6. The summed E-state index contributed by atoms with van der Waals surface area (Å²) >= 11 is 0. The molecule has 2 saturated heterocycles. The van der Waals surface area contributed by atoms with E-state index in [1.165, 1.54) is 18.2 Å². The average molecular weight is 266 g/mol. The average Bonchev–Trinajstić information content (AvgIpc) is 2.95. The Morgan fingerprint density at radius 3 is 2.84 bits per heavy atom. The molecule has 2 heterocycles. The number of nitrogens with one attached hydrogen (secondary N) is 1. The molecule has 0 radical (unpaired) electrons. The fraction of sp³-hybridized carbons (Fsp3) is 0.600. The lowest BCUT2D eigenvalue weighted by Gasteiger charge is -2.31. The Hall–Kier alpha value is -1.00. The molecule has 4 atom stereocenters. The van der Waals surface area contributed by atoms with Crippen LogP contribution >= 0.6 is 0 Å². The Bertz CT molecular complexity index is 477. The fourth-order valence-electron chi connectivity index (χ4n) is 3.73. The molecule has 0 spiro atoms. The summed E-state index contributed by atoms with van der Waals surface area (Å²) in [6.45, 7) is 7.23. The Kier molecular flexibility index (Phi) is 3.31. The molecule has 2 aliphatic rings. The summed E-state index contributed by atoms with van der Waals surface area (Å²) in [5.74, 6) is 0.612. The predicted octanol–water partition coefficient (Wildman–Crippen LogP) is 2.57. The van der Waals surface area contributed by atoms with Crippen LogP contribution in [0.15, 0.2) is 18.2 Å². The van der Waals surface area contributed by atoms with Gasteiger partial charge in [0.15, 0.2) is 0 Å². The van der Waals surface area contributed by atoms with Gasteiger partial charge < -0.3 is 5.32 Å². The maximum atomic E-state index is 13.9. The molecule has 4 unspecified atom stereocenters. The van der Waals surface area contributed by atoms with Crippen molar-refractivity contribution in [3.8, 4) is 0 Å². The second kappa shape index (κ2) is 4.84. The van der Waals surface area contributed by atoms with Gasteiger partial charge in [0.05, 0.1) is 0 Å². The summed E-state index contributed by atoms with van der Waals surface area (Å²) < 4.78 is 27.2. The van der Waals surface area contributed by atoms with E-state index < -0.39 is 0 Å². The maximum absolute atomic E-state index is 13.9. The summed E-state index contributed by atoms with van der Waals surface area (Å²) in [4.78, 5) is 2.31. The first-order valence-corrected chi connectivity index (χ1v) is 6.99. The van der Waals surface area contributed by atoms with Crippen molar-refractivity contribution in [1.82, 2.24) is 10.2 Å². The van der Waals surface area contributed by atoms with Crippen molar-refractivity contribution in [2.75, 3.05) is 19.6 Å². The highest BCUT2D eigenvalue weighted by Crippen LogP contribution is 2.38. The summed E-state index contributed by atoms with van der Waals surface area (Å²) in [6, 6.07) is 4.08. The lowest BCUT2D eigenvalue weighted by atomic mass is 9.95. The van der Waals surface area contributed by atoms with Crippen LogP contribution in [-0.2, 0) is 0 Å². The van der Waals surface area contributed by atoms with Crippen molar-refractivity contribution in [3.63, 3.8) is 0 Å². The van der Waals surface area contributed by atoms with Crippen LogP contribution < -0.4 is 5.32 Å². The van der Waals surface area contributed by atoms with Crippen LogP contribution in [0.25, 0.3) is 0 Å². The van der Waals surface area contributed by atoms with Gasteiger partial charge in [0.2, 0.25) is 0 Å². The normalized spacial score (nSPS) is 32.5. The summed E-state index contributed by atoms with van der Waals surface area (Å²) in [7, 11) is 0. The first-order valence-electron chi connectivity index (χ1n) is 6.99. The van der Waals surface area contributed by atoms with Gasteiger partial charge in [-0.05, 0) is 57.0 Å². The van der Waals surface area contributed by atoms with Crippen molar-refractivity contribution in [2.24, 2.45) is 11.8 Å². The van der Waals surface area contributed by atoms with E-state index in [4.69, 9.17) is 0 Å². The highest BCUT2D eigenvalue weighted by Gasteiger charge is 2.43. The van der Waals surface area contributed by atoms with E-state index in [2.05, 4.69) is 17.1 Å². The number of nitrogens with zero attached hydrogens (tertiary/aromatic N) is 1. The van der Waals surface area contributed by atoms with Gasteiger partial charge in [-0.2, -0.15) is 0 Å². The highest BCUT2D eigenvalue weighted by molar-refractivity contribution is 5.22. The van der Waals surface area contributed by atoms with Crippen LogP contribution in [0, 0.1) is 23.5 Å². The molecule has 0 saturated carbocycles. The molecule has 0 amide bonds. The molecule has 19 heavy (non-hydrogen) atoms. The van der Waals surface area contributed by atoms with E-state index in [1.54, 1.807) is 0 Å². The molecule has 2 aliphatic heterocycles. The molecular weight excluding hydrogens is 246 g/mol. The largest absolute Gasteiger partial charge is 0.316 e. The number of likely N-dealkylation sites (tertiary alicyclic amines) is 1. The highest BCUT2D eigenvalue weighted by atomic mass is 19.1. The summed E-state index contributed by atoms with van der Waals surface area (Å²) in [5, 5.41) is 3.41. The number of halogens is 2. The molecule has 4 heteroatoms. The molecule has 0 aliphatic carbocycles. The molecule has 2 fully saturated rings. The lowest BCUT2D eigenvalue weighted by Crippen LogP contribution is -2.35. The van der Waals surface area contributed by atoms with Gasteiger partial charge in [-0.15, -0.1) is 0 Å². The van der Waals surface area contributed by atoms with Crippen molar-refractivity contribution >= 4 is 0 Å². The van der Waals surface area contributed by atoms with E-state index in [0.717, 1.165) is 19.6 Å². The smallest absolute Gasteiger partial charge is 0.128 e. The molecule has 2 nitrogen and oxygen atoms in total. The zero-order valence-electron chi connectivity index (χ0n) is 11.4. The molecule has 1 aromatic rings. The molecule has 1 N–H and O–H groups in total. The predicted molar refractivity (Wildman–Crippen MR) is 70.8 cm³/mol. The van der Waals surface area contributed by atoms with Crippen LogP contribution in [0.5, 0.6) is 0 Å². The first kappa shape index (κ1) is 13.0. The van der Waals surface area contributed by atoms with E-state index in [1.807, 2.05) is 6.92 Å². The van der Waals surface area contributed by atoms with Gasteiger partial charge in [-0.3, -0.25) is 4.90 Å². The van der Waals surface area contributed by atoms with Gasteiger partial charge in [-0.1, -0.05) is 0 Å². The number of hydrogen-bond donors (Lipinski definition) is 1. The van der Waals surface area contributed by atoms with E-state index in [-0.39, 0.29) is 17.7 Å². The Balaban J connectivity index is 1.84. The lowest BCUT2D eigenvalue weighted by molar-refractivity contribution is 0.179. The van der Waals surface area contributed by atoms with Crippen molar-refractivity contribution in [2.45, 2.75) is 25.9 Å². The van der Waals surface area contributed by atoms with Gasteiger partial charge in [0.25, 0.3) is 0 Å². The van der Waals surface area contributed by atoms with Crippen molar-refractivity contribution in [3.05, 3.63) is 35.4 Å². The van der Waals surface area contributed by atoms with Crippen LogP contribution in [0.1, 0.15) is 25.5 Å². The van der Waals surface area contributed by atoms with Crippen LogP contribution in [0.2, 0.25) is 0 Å². The molecule has 1 aromatic carbocycles. The Labute approximate surface area is 112 Å². The zero-order valence-corrected chi connectivity index (χ0v) is 11.4. The molecule has 104 valence electrons. The number of benzene rings is 1. The van der Waals surface area contributed by atoms with Gasteiger partial charge in [0.1, 0.15) is 11.6 Å². The van der Waals surface area contributed by atoms with E-state index in [0.29, 0.717) is 23.4 Å². The molecule has 3 rings (SSSR count). The Morgan fingerprint density at radius 2 is 2.11 bits per heavy atom. The monoisotopic (exact) mass is 266 g/mol. The van der Waals surface area contributed by atoms with Crippen LogP contribution in [0.4, 0.5) is 8.78 Å². The summed E-state index contributed by atoms with van der Waals surface area (Å²) in [6.07, 6.45) is 0. The van der Waals surface area contributed by atoms with Gasteiger partial charge >= 0.3 is 0 Å². The second-order valence-electron chi connectivity index (χ2n) is 5.86. The minimum absolute atomic E-state index is 0.0729. The summed E-state index contributed by atoms with van der Waals surface area (Å²) in [5.41, 5.74) is 0.472. The number of rotatable bonds is 2. The van der Waals surface area contributed by atoms with Crippen LogP contribution in [-0.4, -0.2) is 30.6 Å². The van der Waals surface area contributed by atoms with Crippen molar-refractivity contribution in [1.29, 1.82) is 0 Å². The van der Waals surface area contributed by atoms with Crippen LogP contribution in [0.3, 0.4) is 0 Å². The third-order valence-corrected chi connectivity index (χ3v) is 4.89. The van der Waals surface area contributed by atoms with E-state index >= 15 is 0 Å². The minimum atomic E-state index is -0.364. The quantitative estimate of drug-likeness (QED) is 0.885. The van der Waals surface area contributed by atoms with Gasteiger partial charge in [0, 0.05) is 24.2 Å². The van der Waals surface area contributed by atoms with Crippen molar-refractivity contribution < 1.29 is 8.78 Å². The molecular formula is C15H20F2N2. The van der Waals surface area contributed by atoms with E-state index in [9.17, 15) is 8.78 Å². The van der Waals surface area contributed by atoms with Gasteiger partial charge in [-0.25, -0.2) is 8.78 Å². The standard InChI is InChI=1S/C15H20F2N2/c1-9(13-5-12(16)3-4-15(13)17)19-8-11-6-18-7-14(11)10(19)2/h3-5,9-11,14,18H,6-8H2,1-2H3. The molecule has 0 aromatic heterocycles. The third kappa shape index (κ3) is 2.17. The fourth-order valence-corrected chi connectivity index (χ4v) is 3.73. The third-order valence-electron chi connectivity index (χ3n) is 4.89. The first-order chi connectivity index (χ1) is 9.08. The maximum Gasteiger partial charge on any atom is 0.128 e. The minimum Gasteiger partial charge on any atom is -0.316 e. The SMILES string of the molecule is CC(c1cc(F)ccc1F)N1CC2CNCC2C1C. The number of hydrogen-bond acceptors (Lipinski definition) is 2. The molecule has 0 bridgehead atoms.